The molecule has 2 aliphatic rings. The monoisotopic (exact) mass is 260 g/mol. The first kappa shape index (κ1) is 12.5. The molecular weight excluding hydrogens is 240 g/mol. The second-order valence-electron chi connectivity index (χ2n) is 5.48. The van der Waals surface area contributed by atoms with Gasteiger partial charge in [0.25, 0.3) is 0 Å². The molecule has 4 nitrogen and oxygen atoms in total. The standard InChI is InChI=1S/C15H20N2O2/c18-14(19-12-13-4-2-1-3-5-13)17-10-7-15(8-11-17)6-9-16-15/h1-5,16H,6-12H2. The third-order valence-electron chi connectivity index (χ3n) is 4.29. The Balaban J connectivity index is 1.46. The molecule has 1 aromatic rings. The zero-order chi connectivity index (χ0) is 13.1. The number of carbonyl (C=O) groups excluding carboxylic acids is 1. The summed E-state index contributed by atoms with van der Waals surface area (Å²) in [6.45, 7) is 3.10. The maximum atomic E-state index is 12.0. The molecule has 2 heterocycles. The van der Waals surface area contributed by atoms with E-state index >= 15 is 0 Å². The summed E-state index contributed by atoms with van der Waals surface area (Å²) < 4.78 is 5.35. The van der Waals surface area contributed by atoms with E-state index in [9.17, 15) is 4.79 Å². The van der Waals surface area contributed by atoms with E-state index in [2.05, 4.69) is 5.32 Å². The van der Waals surface area contributed by atoms with Crippen molar-refractivity contribution in [2.45, 2.75) is 31.4 Å². The molecule has 102 valence electrons. The van der Waals surface area contributed by atoms with Crippen LogP contribution >= 0.6 is 0 Å². The number of hydrogen-bond donors (Lipinski definition) is 1. The zero-order valence-electron chi connectivity index (χ0n) is 11.1. The van der Waals surface area contributed by atoms with E-state index in [1.165, 1.54) is 6.42 Å². The molecule has 2 fully saturated rings. The number of nitrogens with one attached hydrogen (secondary N) is 1. The quantitative estimate of drug-likeness (QED) is 0.886. The van der Waals surface area contributed by atoms with Crippen molar-refractivity contribution < 1.29 is 9.53 Å². The Kier molecular flexibility index (Phi) is 3.42. The van der Waals surface area contributed by atoms with Gasteiger partial charge in [0.15, 0.2) is 0 Å². The van der Waals surface area contributed by atoms with Crippen LogP contribution in [0.15, 0.2) is 30.3 Å². The predicted octanol–water partition coefficient (Wildman–Crippen LogP) is 2.15. The molecule has 0 unspecified atom stereocenters. The summed E-state index contributed by atoms with van der Waals surface area (Å²) in [5, 5.41) is 3.50. The number of carbonyl (C=O) groups is 1. The Morgan fingerprint density at radius 2 is 1.89 bits per heavy atom. The number of amides is 1. The molecule has 3 rings (SSSR count). The lowest BCUT2D eigenvalue weighted by Crippen LogP contribution is -2.62. The summed E-state index contributed by atoms with van der Waals surface area (Å²) in [6, 6.07) is 9.81. The molecule has 19 heavy (non-hydrogen) atoms. The first-order valence-corrected chi connectivity index (χ1v) is 6.98. The average Bonchev–Trinajstić information content (AvgIpc) is 2.44. The van der Waals surface area contributed by atoms with Crippen molar-refractivity contribution in [1.82, 2.24) is 10.2 Å². The van der Waals surface area contributed by atoms with Gasteiger partial charge in [-0.1, -0.05) is 30.3 Å². The Hall–Kier alpha value is -1.55. The van der Waals surface area contributed by atoms with Crippen LogP contribution in [0.1, 0.15) is 24.8 Å². The first-order valence-electron chi connectivity index (χ1n) is 6.98. The van der Waals surface area contributed by atoms with E-state index in [4.69, 9.17) is 4.74 Å². The molecule has 0 bridgehead atoms. The van der Waals surface area contributed by atoms with Crippen LogP contribution in [0.2, 0.25) is 0 Å². The topological polar surface area (TPSA) is 41.6 Å². The third kappa shape index (κ3) is 2.73. The molecule has 0 aliphatic carbocycles. The number of benzene rings is 1. The molecule has 0 aromatic heterocycles. The van der Waals surface area contributed by atoms with Gasteiger partial charge in [-0.05, 0) is 31.4 Å². The van der Waals surface area contributed by atoms with Crippen molar-refractivity contribution in [1.29, 1.82) is 0 Å². The van der Waals surface area contributed by atoms with Crippen molar-refractivity contribution in [2.75, 3.05) is 19.6 Å². The molecule has 1 N–H and O–H groups in total. The van der Waals surface area contributed by atoms with Crippen LogP contribution in [0, 0.1) is 0 Å². The Morgan fingerprint density at radius 1 is 1.21 bits per heavy atom. The number of nitrogens with zero attached hydrogens (tertiary/aromatic N) is 1. The minimum atomic E-state index is -0.182. The smallest absolute Gasteiger partial charge is 0.410 e. The molecule has 0 radical (unpaired) electrons. The fourth-order valence-electron chi connectivity index (χ4n) is 2.83. The molecule has 2 saturated heterocycles. The molecule has 2 aliphatic heterocycles. The summed E-state index contributed by atoms with van der Waals surface area (Å²) in [7, 11) is 0. The van der Waals surface area contributed by atoms with Crippen molar-refractivity contribution in [2.24, 2.45) is 0 Å². The van der Waals surface area contributed by atoms with Crippen LogP contribution in [-0.4, -0.2) is 36.2 Å². The number of ether oxygens (including phenoxy) is 1. The van der Waals surface area contributed by atoms with E-state index in [-0.39, 0.29) is 6.09 Å². The van der Waals surface area contributed by atoms with Crippen LogP contribution in [0.3, 0.4) is 0 Å². The van der Waals surface area contributed by atoms with Gasteiger partial charge in [-0.25, -0.2) is 4.79 Å². The van der Waals surface area contributed by atoms with Gasteiger partial charge in [-0.2, -0.15) is 0 Å². The fourth-order valence-corrected chi connectivity index (χ4v) is 2.83. The Labute approximate surface area is 113 Å². The van der Waals surface area contributed by atoms with E-state index in [1.54, 1.807) is 0 Å². The van der Waals surface area contributed by atoms with E-state index in [1.807, 2.05) is 35.2 Å². The highest BCUT2D eigenvalue weighted by Crippen LogP contribution is 2.31. The van der Waals surface area contributed by atoms with Gasteiger partial charge in [-0.15, -0.1) is 0 Å². The van der Waals surface area contributed by atoms with Gasteiger partial charge < -0.3 is 15.0 Å². The lowest BCUT2D eigenvalue weighted by Gasteiger charge is -2.48. The van der Waals surface area contributed by atoms with E-state index < -0.39 is 0 Å². The minimum absolute atomic E-state index is 0.182. The number of piperidine rings is 1. The van der Waals surface area contributed by atoms with Crippen molar-refractivity contribution in [3.63, 3.8) is 0 Å². The molecule has 4 heteroatoms. The van der Waals surface area contributed by atoms with E-state index in [0.29, 0.717) is 12.1 Å². The number of hydrogen-bond acceptors (Lipinski definition) is 3. The fraction of sp³-hybridized carbons (Fsp3) is 0.533. The van der Waals surface area contributed by atoms with Gasteiger partial charge in [0.05, 0.1) is 0 Å². The van der Waals surface area contributed by atoms with Gasteiger partial charge in [0, 0.05) is 18.6 Å². The number of likely N-dealkylation sites (tertiary alicyclic amines) is 1. The first-order chi connectivity index (χ1) is 9.27. The summed E-state index contributed by atoms with van der Waals surface area (Å²) in [6.07, 6.45) is 3.17. The SMILES string of the molecule is O=C(OCc1ccccc1)N1CCC2(CCN2)CC1. The molecule has 1 spiro atoms. The predicted molar refractivity (Wildman–Crippen MR) is 72.8 cm³/mol. The maximum absolute atomic E-state index is 12.0. The molecule has 1 amide bonds. The third-order valence-corrected chi connectivity index (χ3v) is 4.29. The highest BCUT2D eigenvalue weighted by molar-refractivity contribution is 5.67. The van der Waals surface area contributed by atoms with Crippen LogP contribution in [0.25, 0.3) is 0 Å². The normalized spacial score (nSPS) is 20.9. The molecule has 0 atom stereocenters. The molecule has 1 aromatic carbocycles. The van der Waals surface area contributed by atoms with Crippen LogP contribution in [-0.2, 0) is 11.3 Å². The van der Waals surface area contributed by atoms with Gasteiger partial charge >= 0.3 is 6.09 Å². The average molecular weight is 260 g/mol. The zero-order valence-corrected chi connectivity index (χ0v) is 11.1. The van der Waals surface area contributed by atoms with Crippen molar-refractivity contribution in [3.8, 4) is 0 Å². The van der Waals surface area contributed by atoms with E-state index in [0.717, 1.165) is 38.0 Å². The largest absolute Gasteiger partial charge is 0.445 e. The summed E-state index contributed by atoms with van der Waals surface area (Å²) in [5.41, 5.74) is 1.36. The second kappa shape index (κ2) is 5.21. The molecule has 0 saturated carbocycles. The Bertz CT molecular complexity index is 433. The van der Waals surface area contributed by atoms with Crippen LogP contribution < -0.4 is 5.32 Å². The summed E-state index contributed by atoms with van der Waals surface area (Å²) >= 11 is 0. The second-order valence-corrected chi connectivity index (χ2v) is 5.48. The Morgan fingerprint density at radius 3 is 2.47 bits per heavy atom. The van der Waals surface area contributed by atoms with Gasteiger partial charge in [0.2, 0.25) is 0 Å². The van der Waals surface area contributed by atoms with Gasteiger partial charge in [-0.3, -0.25) is 0 Å². The highest BCUT2D eigenvalue weighted by Gasteiger charge is 2.40. The summed E-state index contributed by atoms with van der Waals surface area (Å²) in [4.78, 5) is 13.8. The van der Waals surface area contributed by atoms with Crippen LogP contribution in [0.4, 0.5) is 4.79 Å². The summed E-state index contributed by atoms with van der Waals surface area (Å²) in [5.74, 6) is 0. The number of rotatable bonds is 2. The molecular formula is C15H20N2O2. The minimum Gasteiger partial charge on any atom is -0.445 e. The lowest BCUT2D eigenvalue weighted by molar-refractivity contribution is 0.0553. The lowest BCUT2D eigenvalue weighted by atomic mass is 9.79. The highest BCUT2D eigenvalue weighted by atomic mass is 16.6. The van der Waals surface area contributed by atoms with Crippen LogP contribution in [0.5, 0.6) is 0 Å². The van der Waals surface area contributed by atoms with Crippen molar-refractivity contribution >= 4 is 6.09 Å². The maximum Gasteiger partial charge on any atom is 0.410 e. The van der Waals surface area contributed by atoms with Crippen molar-refractivity contribution in [3.05, 3.63) is 35.9 Å². The van der Waals surface area contributed by atoms with Gasteiger partial charge in [0.1, 0.15) is 6.61 Å².